The van der Waals surface area contributed by atoms with Gasteiger partial charge in [-0.2, -0.15) is 0 Å². The minimum atomic E-state index is -0.691. The molecule has 1 saturated heterocycles. The molecule has 23 heavy (non-hydrogen) atoms. The Balaban J connectivity index is 1.80. The largest absolute Gasteiger partial charge is 0.325 e. The highest BCUT2D eigenvalue weighted by Gasteiger charge is 2.58. The molecule has 1 aromatic heterocycles. The highest BCUT2D eigenvalue weighted by Crippen LogP contribution is 2.46. The summed E-state index contributed by atoms with van der Waals surface area (Å²) in [6, 6.07) is 1.46. The van der Waals surface area contributed by atoms with E-state index in [1.165, 1.54) is 4.90 Å². The lowest BCUT2D eigenvalue weighted by molar-refractivity contribution is -0.132. The number of urea groups is 1. The second-order valence-electron chi connectivity index (χ2n) is 7.09. The zero-order valence-corrected chi connectivity index (χ0v) is 14.0. The quantitative estimate of drug-likeness (QED) is 0.818. The van der Waals surface area contributed by atoms with Gasteiger partial charge in [-0.25, -0.2) is 14.8 Å². The topological polar surface area (TPSA) is 75.2 Å². The average molecular weight is 316 g/mol. The van der Waals surface area contributed by atoms with Gasteiger partial charge in [0.1, 0.15) is 11.4 Å². The highest BCUT2D eigenvalue weighted by molar-refractivity contribution is 6.07. The molecule has 2 heterocycles. The van der Waals surface area contributed by atoms with Crippen molar-refractivity contribution in [3.63, 3.8) is 0 Å². The molecule has 1 atom stereocenters. The van der Waals surface area contributed by atoms with E-state index in [9.17, 15) is 9.59 Å². The Morgan fingerprint density at radius 3 is 2.74 bits per heavy atom. The van der Waals surface area contributed by atoms with Gasteiger partial charge in [0.25, 0.3) is 5.91 Å². The third kappa shape index (κ3) is 3.07. The molecular weight excluding hydrogens is 292 g/mol. The summed E-state index contributed by atoms with van der Waals surface area (Å²) in [5, 5.41) is 3.01. The highest BCUT2D eigenvalue weighted by atomic mass is 16.2. The molecule has 1 aliphatic heterocycles. The van der Waals surface area contributed by atoms with E-state index in [1.54, 1.807) is 19.2 Å². The summed E-state index contributed by atoms with van der Waals surface area (Å²) < 4.78 is 0. The Labute approximate surface area is 136 Å². The van der Waals surface area contributed by atoms with Crippen molar-refractivity contribution in [2.45, 2.75) is 58.5 Å². The second kappa shape index (κ2) is 5.91. The van der Waals surface area contributed by atoms with Crippen molar-refractivity contribution in [2.75, 3.05) is 0 Å². The minimum absolute atomic E-state index is 0.0816. The predicted octanol–water partition coefficient (Wildman–Crippen LogP) is 2.42. The van der Waals surface area contributed by atoms with Crippen LogP contribution in [-0.2, 0) is 11.3 Å². The summed E-state index contributed by atoms with van der Waals surface area (Å²) in [6.45, 7) is 6.29. The van der Waals surface area contributed by atoms with Crippen molar-refractivity contribution in [1.29, 1.82) is 0 Å². The lowest BCUT2D eigenvalue weighted by Gasteiger charge is -2.27. The predicted molar refractivity (Wildman–Crippen MR) is 85.4 cm³/mol. The number of hydrogen-bond donors (Lipinski definition) is 1. The second-order valence-corrected chi connectivity index (χ2v) is 7.09. The summed E-state index contributed by atoms with van der Waals surface area (Å²) in [5.41, 5.74) is 0.000120. The fourth-order valence-electron chi connectivity index (χ4n) is 3.29. The maximum Gasteiger partial charge on any atom is 0.325 e. The number of aromatic nitrogens is 2. The smallest absolute Gasteiger partial charge is 0.323 e. The van der Waals surface area contributed by atoms with Crippen molar-refractivity contribution >= 4 is 11.9 Å². The van der Waals surface area contributed by atoms with Crippen molar-refractivity contribution in [1.82, 2.24) is 20.2 Å². The molecule has 0 bridgehead atoms. The summed E-state index contributed by atoms with van der Waals surface area (Å²) in [6.07, 6.45) is 5.35. The van der Waals surface area contributed by atoms with Gasteiger partial charge in [0, 0.05) is 6.20 Å². The maximum absolute atomic E-state index is 13.0. The van der Waals surface area contributed by atoms with Gasteiger partial charge in [0.15, 0.2) is 0 Å². The van der Waals surface area contributed by atoms with Gasteiger partial charge in [0.2, 0.25) is 0 Å². The van der Waals surface area contributed by atoms with Crippen molar-refractivity contribution in [3.8, 4) is 0 Å². The molecule has 1 saturated carbocycles. The van der Waals surface area contributed by atoms with E-state index in [1.807, 2.05) is 0 Å². The minimum Gasteiger partial charge on any atom is -0.323 e. The molecule has 0 spiro atoms. The summed E-state index contributed by atoms with van der Waals surface area (Å²) in [7, 11) is 0. The molecule has 1 aromatic rings. The van der Waals surface area contributed by atoms with Gasteiger partial charge in [-0.15, -0.1) is 0 Å². The third-order valence-electron chi connectivity index (χ3n) is 4.75. The molecule has 3 amide bonds. The van der Waals surface area contributed by atoms with Crippen molar-refractivity contribution < 1.29 is 9.59 Å². The molecule has 2 fully saturated rings. The molecular formula is C17H24N4O2. The number of aryl methyl sites for hydroxylation is 1. The number of amides is 3. The molecule has 2 aliphatic rings. The standard InChI is InChI=1S/C17H24N4O2/c1-11(2)6-8-17(13-4-5-13)15(22)21(16(23)20-17)10-14-7-9-18-12(3)19-14/h7,9,11,13H,4-6,8,10H2,1-3H3,(H,20,23). The lowest BCUT2D eigenvalue weighted by Crippen LogP contribution is -2.49. The Morgan fingerprint density at radius 2 is 2.13 bits per heavy atom. The van der Waals surface area contributed by atoms with Crippen LogP contribution < -0.4 is 5.32 Å². The first-order valence-electron chi connectivity index (χ1n) is 8.35. The van der Waals surface area contributed by atoms with Crippen LogP contribution in [0.2, 0.25) is 0 Å². The number of nitrogens with zero attached hydrogens (tertiary/aromatic N) is 3. The average Bonchev–Trinajstić information content (AvgIpc) is 3.30. The number of rotatable bonds is 6. The van der Waals surface area contributed by atoms with Crippen LogP contribution in [0.15, 0.2) is 12.3 Å². The van der Waals surface area contributed by atoms with E-state index >= 15 is 0 Å². The molecule has 3 rings (SSSR count). The number of carbonyl (C=O) groups excluding carboxylic acids is 2. The number of imide groups is 1. The van der Waals surface area contributed by atoms with E-state index in [0.29, 0.717) is 17.4 Å². The summed E-state index contributed by atoms with van der Waals surface area (Å²) in [5.74, 6) is 1.36. The molecule has 6 heteroatoms. The SMILES string of the molecule is Cc1nccc(CN2C(=O)NC(CCC(C)C)(C3CC3)C2=O)n1. The van der Waals surface area contributed by atoms with Crippen molar-refractivity contribution in [2.24, 2.45) is 11.8 Å². The zero-order valence-electron chi connectivity index (χ0n) is 14.0. The fraction of sp³-hybridized carbons (Fsp3) is 0.647. The molecule has 0 radical (unpaired) electrons. The molecule has 0 aromatic carbocycles. The van der Waals surface area contributed by atoms with Crippen LogP contribution in [0, 0.1) is 18.8 Å². The normalized spacial score (nSPS) is 24.4. The van der Waals surface area contributed by atoms with Crippen LogP contribution in [-0.4, -0.2) is 32.3 Å². The zero-order chi connectivity index (χ0) is 16.6. The van der Waals surface area contributed by atoms with Gasteiger partial charge < -0.3 is 5.32 Å². The molecule has 1 unspecified atom stereocenters. The van der Waals surface area contributed by atoms with Gasteiger partial charge >= 0.3 is 6.03 Å². The first-order chi connectivity index (χ1) is 10.9. The van der Waals surface area contributed by atoms with Crippen LogP contribution in [0.5, 0.6) is 0 Å². The van der Waals surface area contributed by atoms with Gasteiger partial charge in [-0.05, 0) is 50.5 Å². The van der Waals surface area contributed by atoms with Gasteiger partial charge in [-0.3, -0.25) is 9.69 Å². The van der Waals surface area contributed by atoms with E-state index in [-0.39, 0.29) is 24.4 Å². The number of hydrogen-bond acceptors (Lipinski definition) is 4. The first-order valence-corrected chi connectivity index (χ1v) is 8.35. The number of nitrogens with one attached hydrogen (secondary N) is 1. The Kier molecular flexibility index (Phi) is 4.08. The van der Waals surface area contributed by atoms with Crippen LogP contribution in [0.4, 0.5) is 4.79 Å². The summed E-state index contributed by atoms with van der Waals surface area (Å²) >= 11 is 0. The Morgan fingerprint density at radius 1 is 1.39 bits per heavy atom. The van der Waals surface area contributed by atoms with E-state index in [4.69, 9.17) is 0 Å². The van der Waals surface area contributed by atoms with E-state index < -0.39 is 5.54 Å². The van der Waals surface area contributed by atoms with Crippen LogP contribution in [0.3, 0.4) is 0 Å². The third-order valence-corrected chi connectivity index (χ3v) is 4.75. The monoisotopic (exact) mass is 316 g/mol. The first kappa shape index (κ1) is 15.9. The molecule has 6 nitrogen and oxygen atoms in total. The number of carbonyl (C=O) groups is 2. The Hall–Kier alpha value is -1.98. The fourth-order valence-corrected chi connectivity index (χ4v) is 3.29. The molecule has 1 aliphatic carbocycles. The van der Waals surface area contributed by atoms with E-state index in [0.717, 1.165) is 25.7 Å². The summed E-state index contributed by atoms with van der Waals surface area (Å²) in [4.78, 5) is 35.1. The lowest BCUT2D eigenvalue weighted by atomic mass is 9.85. The van der Waals surface area contributed by atoms with Crippen LogP contribution >= 0.6 is 0 Å². The van der Waals surface area contributed by atoms with Crippen LogP contribution in [0.25, 0.3) is 0 Å². The molecule has 1 N–H and O–H groups in total. The van der Waals surface area contributed by atoms with Gasteiger partial charge in [0.05, 0.1) is 12.2 Å². The maximum atomic E-state index is 13.0. The van der Waals surface area contributed by atoms with Crippen molar-refractivity contribution in [3.05, 3.63) is 23.8 Å². The van der Waals surface area contributed by atoms with E-state index in [2.05, 4.69) is 29.1 Å². The Bertz CT molecular complexity index is 627. The molecule has 124 valence electrons. The van der Waals surface area contributed by atoms with Gasteiger partial charge in [-0.1, -0.05) is 13.8 Å². The van der Waals surface area contributed by atoms with Crippen LogP contribution in [0.1, 0.15) is 51.0 Å².